The number of hydrogen-bond donors (Lipinski definition) is 0. The van der Waals surface area contributed by atoms with Crippen molar-refractivity contribution in [3.8, 4) is 6.07 Å². The van der Waals surface area contributed by atoms with Crippen molar-refractivity contribution < 1.29 is 4.79 Å². The summed E-state index contributed by atoms with van der Waals surface area (Å²) in [6.45, 7) is 2.95. The Morgan fingerprint density at radius 2 is 2.22 bits per heavy atom. The van der Waals surface area contributed by atoms with Crippen LogP contribution in [0.3, 0.4) is 0 Å². The van der Waals surface area contributed by atoms with Crippen LogP contribution in [0.5, 0.6) is 0 Å². The molecule has 1 heterocycles. The minimum Gasteiger partial charge on any atom is -0.338 e. The van der Waals surface area contributed by atoms with Gasteiger partial charge in [0.2, 0.25) is 5.91 Å². The van der Waals surface area contributed by atoms with E-state index < -0.39 is 0 Å². The minimum atomic E-state index is 0.188. The second-order valence-corrected chi connectivity index (χ2v) is 5.65. The van der Waals surface area contributed by atoms with E-state index in [4.69, 9.17) is 5.26 Å². The minimum absolute atomic E-state index is 0.188. The number of nitrogens with zero attached hydrogens (tertiary/aromatic N) is 2. The molecule has 1 unspecified atom stereocenters. The maximum Gasteiger partial charge on any atom is 0.227 e. The van der Waals surface area contributed by atoms with Crippen LogP contribution < -0.4 is 0 Å². The Kier molecular flexibility index (Phi) is 4.27. The van der Waals surface area contributed by atoms with Crippen LogP contribution in [-0.4, -0.2) is 34.9 Å². The fraction of sp³-hybridized carbons (Fsp3) is 0.429. The van der Waals surface area contributed by atoms with E-state index >= 15 is 0 Å². The van der Waals surface area contributed by atoms with E-state index in [2.05, 4.69) is 13.0 Å². The Morgan fingerprint density at radius 3 is 2.83 bits per heavy atom. The first-order valence-corrected chi connectivity index (χ1v) is 7.22. The molecule has 0 aliphatic carbocycles. The van der Waals surface area contributed by atoms with E-state index in [-0.39, 0.29) is 5.91 Å². The summed E-state index contributed by atoms with van der Waals surface area (Å²) in [5, 5.41) is 8.72. The molecule has 0 radical (unpaired) electrons. The van der Waals surface area contributed by atoms with Crippen LogP contribution in [0, 0.1) is 11.3 Å². The van der Waals surface area contributed by atoms with Gasteiger partial charge in [0, 0.05) is 24.1 Å². The van der Waals surface area contributed by atoms with Gasteiger partial charge < -0.3 is 4.90 Å². The predicted octanol–water partition coefficient (Wildman–Crippen LogP) is 2.06. The molecule has 1 amide bonds. The molecule has 0 bridgehead atoms. The zero-order valence-electron chi connectivity index (χ0n) is 10.4. The number of thioether (sulfide) groups is 1. The molecule has 1 fully saturated rings. The van der Waals surface area contributed by atoms with Crippen LogP contribution >= 0.6 is 11.8 Å². The number of hydrogen-bond acceptors (Lipinski definition) is 3. The van der Waals surface area contributed by atoms with E-state index in [0.717, 1.165) is 23.6 Å². The lowest BCUT2D eigenvalue weighted by atomic mass is 10.1. The van der Waals surface area contributed by atoms with Gasteiger partial charge in [-0.1, -0.05) is 12.1 Å². The third-order valence-corrected chi connectivity index (χ3v) is 4.32. The average molecular weight is 260 g/mol. The third-order valence-electron chi connectivity index (χ3n) is 3.13. The van der Waals surface area contributed by atoms with Gasteiger partial charge in [-0.15, -0.1) is 0 Å². The summed E-state index contributed by atoms with van der Waals surface area (Å²) in [7, 11) is 0. The first kappa shape index (κ1) is 13.0. The maximum absolute atomic E-state index is 12.2. The lowest BCUT2D eigenvalue weighted by Crippen LogP contribution is -2.45. The van der Waals surface area contributed by atoms with Gasteiger partial charge in [0.25, 0.3) is 0 Å². The van der Waals surface area contributed by atoms with Gasteiger partial charge in [-0.2, -0.15) is 17.0 Å². The highest BCUT2D eigenvalue weighted by atomic mass is 32.2. The Hall–Kier alpha value is -1.47. The molecule has 18 heavy (non-hydrogen) atoms. The second kappa shape index (κ2) is 5.92. The summed E-state index contributed by atoms with van der Waals surface area (Å²) in [4.78, 5) is 14.2. The molecule has 1 saturated heterocycles. The van der Waals surface area contributed by atoms with Crippen molar-refractivity contribution in [2.45, 2.75) is 19.4 Å². The molecule has 0 saturated carbocycles. The maximum atomic E-state index is 12.2. The molecular formula is C14H16N2OS. The molecule has 0 aromatic heterocycles. The molecular weight excluding hydrogens is 244 g/mol. The van der Waals surface area contributed by atoms with Gasteiger partial charge in [-0.05, 0) is 24.6 Å². The number of rotatable bonds is 2. The summed E-state index contributed by atoms with van der Waals surface area (Å²) in [5.41, 5.74) is 1.61. The molecule has 1 atom stereocenters. The van der Waals surface area contributed by atoms with Gasteiger partial charge in [-0.3, -0.25) is 4.79 Å². The summed E-state index contributed by atoms with van der Waals surface area (Å²) < 4.78 is 0. The number of carbonyl (C=O) groups is 1. The van der Waals surface area contributed by atoms with Gasteiger partial charge in [0.05, 0.1) is 18.1 Å². The zero-order valence-corrected chi connectivity index (χ0v) is 11.2. The van der Waals surface area contributed by atoms with Crippen LogP contribution in [0.15, 0.2) is 24.3 Å². The van der Waals surface area contributed by atoms with Crippen molar-refractivity contribution in [3.05, 3.63) is 35.4 Å². The van der Waals surface area contributed by atoms with Crippen LogP contribution in [0.1, 0.15) is 18.1 Å². The number of benzene rings is 1. The van der Waals surface area contributed by atoms with Gasteiger partial charge in [-0.25, -0.2) is 0 Å². The number of carbonyl (C=O) groups excluding carboxylic acids is 1. The smallest absolute Gasteiger partial charge is 0.227 e. The van der Waals surface area contributed by atoms with Gasteiger partial charge in [0.15, 0.2) is 0 Å². The molecule has 0 spiro atoms. The molecule has 0 N–H and O–H groups in total. The molecule has 2 rings (SSSR count). The monoisotopic (exact) mass is 260 g/mol. The molecule has 1 aliphatic rings. The number of amides is 1. The Morgan fingerprint density at radius 1 is 1.50 bits per heavy atom. The van der Waals surface area contributed by atoms with Crippen molar-refractivity contribution >= 4 is 17.7 Å². The van der Waals surface area contributed by atoms with E-state index in [9.17, 15) is 4.79 Å². The highest BCUT2D eigenvalue weighted by Crippen LogP contribution is 2.17. The topological polar surface area (TPSA) is 44.1 Å². The summed E-state index contributed by atoms with van der Waals surface area (Å²) in [6.07, 6.45) is 0.431. The summed E-state index contributed by atoms with van der Waals surface area (Å²) in [6, 6.07) is 9.65. The van der Waals surface area contributed by atoms with E-state index in [1.54, 1.807) is 12.1 Å². The quantitative estimate of drug-likeness (QED) is 0.817. The molecule has 1 aliphatic heterocycles. The van der Waals surface area contributed by atoms with Crippen LogP contribution in [0.25, 0.3) is 0 Å². The Labute approximate surface area is 112 Å². The standard InChI is InChI=1S/C14H16N2OS/c1-11-10-18-7-6-16(11)14(17)8-12-2-4-13(9-15)5-3-12/h2-5,11H,6-8,10H2,1H3. The third kappa shape index (κ3) is 3.05. The van der Waals surface area contributed by atoms with E-state index in [1.807, 2.05) is 28.8 Å². The van der Waals surface area contributed by atoms with Crippen molar-refractivity contribution in [3.63, 3.8) is 0 Å². The lowest BCUT2D eigenvalue weighted by molar-refractivity contribution is -0.131. The first-order chi connectivity index (χ1) is 8.70. The summed E-state index contributed by atoms with van der Waals surface area (Å²) in [5.74, 6) is 2.25. The fourth-order valence-electron chi connectivity index (χ4n) is 2.07. The second-order valence-electron chi connectivity index (χ2n) is 4.50. The van der Waals surface area contributed by atoms with Crippen molar-refractivity contribution in [2.24, 2.45) is 0 Å². The Bertz CT molecular complexity index is 464. The lowest BCUT2D eigenvalue weighted by Gasteiger charge is -2.33. The van der Waals surface area contributed by atoms with Crippen LogP contribution in [0.4, 0.5) is 0 Å². The number of nitriles is 1. The average Bonchev–Trinajstić information content (AvgIpc) is 2.40. The largest absolute Gasteiger partial charge is 0.338 e. The zero-order chi connectivity index (χ0) is 13.0. The SMILES string of the molecule is CC1CSCCN1C(=O)Cc1ccc(C#N)cc1. The fourth-order valence-corrected chi connectivity index (χ4v) is 3.08. The molecule has 94 valence electrons. The van der Waals surface area contributed by atoms with Crippen molar-refractivity contribution in [2.75, 3.05) is 18.1 Å². The van der Waals surface area contributed by atoms with Gasteiger partial charge in [0.1, 0.15) is 0 Å². The highest BCUT2D eigenvalue weighted by Gasteiger charge is 2.23. The molecule has 3 nitrogen and oxygen atoms in total. The van der Waals surface area contributed by atoms with E-state index in [1.165, 1.54) is 0 Å². The molecule has 4 heteroatoms. The van der Waals surface area contributed by atoms with Gasteiger partial charge >= 0.3 is 0 Å². The van der Waals surface area contributed by atoms with Crippen LogP contribution in [-0.2, 0) is 11.2 Å². The highest BCUT2D eigenvalue weighted by molar-refractivity contribution is 7.99. The predicted molar refractivity (Wildman–Crippen MR) is 73.4 cm³/mol. The first-order valence-electron chi connectivity index (χ1n) is 6.07. The Balaban J connectivity index is 1.99. The van der Waals surface area contributed by atoms with Crippen molar-refractivity contribution in [1.82, 2.24) is 4.90 Å². The molecule has 1 aromatic rings. The van der Waals surface area contributed by atoms with Crippen LogP contribution in [0.2, 0.25) is 0 Å². The normalized spacial score (nSPS) is 19.3. The molecule has 1 aromatic carbocycles. The van der Waals surface area contributed by atoms with Crippen molar-refractivity contribution in [1.29, 1.82) is 5.26 Å². The van der Waals surface area contributed by atoms with E-state index in [0.29, 0.717) is 18.0 Å². The summed E-state index contributed by atoms with van der Waals surface area (Å²) >= 11 is 1.91.